The van der Waals surface area contributed by atoms with Crippen molar-refractivity contribution in [2.24, 2.45) is 7.05 Å². The quantitative estimate of drug-likeness (QED) is 0.618. The normalized spacial score (nSPS) is 15.2. The predicted molar refractivity (Wildman–Crippen MR) is 101 cm³/mol. The zero-order valence-corrected chi connectivity index (χ0v) is 16.1. The van der Waals surface area contributed by atoms with Gasteiger partial charge in [-0.1, -0.05) is 41.3 Å². The van der Waals surface area contributed by atoms with E-state index < -0.39 is 0 Å². The first kappa shape index (κ1) is 18.0. The highest BCUT2D eigenvalue weighted by Gasteiger charge is 2.21. The molecule has 0 amide bonds. The summed E-state index contributed by atoms with van der Waals surface area (Å²) in [4.78, 5) is 3.11. The number of nitrogens with zero attached hydrogens (tertiary/aromatic N) is 2. The van der Waals surface area contributed by atoms with Gasteiger partial charge in [-0.25, -0.2) is 4.39 Å². The zero-order chi connectivity index (χ0) is 16.7. The molecule has 0 saturated heterocycles. The second-order valence-electron chi connectivity index (χ2n) is 5.60. The lowest BCUT2D eigenvalue weighted by Gasteiger charge is -2.12. The Bertz CT molecular complexity index is 994. The Morgan fingerprint density at radius 2 is 1.96 bits per heavy atom. The van der Waals surface area contributed by atoms with Gasteiger partial charge in [0.05, 0.1) is 10.7 Å². The molecule has 0 spiro atoms. The van der Waals surface area contributed by atoms with Crippen molar-refractivity contribution in [3.8, 4) is 0 Å². The van der Waals surface area contributed by atoms with Crippen LogP contribution in [0.1, 0.15) is 5.01 Å². The van der Waals surface area contributed by atoms with Gasteiger partial charge in [0.2, 0.25) is 5.52 Å². The van der Waals surface area contributed by atoms with E-state index in [0.717, 1.165) is 15.6 Å². The standard InChI is InChI=1S/C19H16FN2S2.ClH/c1-21-14-6-3-4-7-16(14)23-18(21)8-5-9-19-22(2)15-12-13(20)10-11-17(15)24-19;/h3-12H,1-2H3;1H/q+1;/p-1. The third-order valence-electron chi connectivity index (χ3n) is 4.08. The molecule has 0 aliphatic carbocycles. The fraction of sp³-hybridized carbons (Fsp3) is 0.105. The number of fused-ring (bicyclic) bond motifs is 2. The molecule has 2 nitrogen and oxygen atoms in total. The summed E-state index contributed by atoms with van der Waals surface area (Å²) in [6.07, 6.45) is 6.26. The number of anilines is 1. The lowest BCUT2D eigenvalue weighted by Crippen LogP contribution is -3.00. The van der Waals surface area contributed by atoms with E-state index in [2.05, 4.69) is 54.1 Å². The van der Waals surface area contributed by atoms with Gasteiger partial charge in [0.1, 0.15) is 17.6 Å². The fourth-order valence-corrected chi connectivity index (χ4v) is 4.87. The summed E-state index contributed by atoms with van der Waals surface area (Å²) >= 11 is 3.44. The highest BCUT2D eigenvalue weighted by atomic mass is 35.5. The van der Waals surface area contributed by atoms with Gasteiger partial charge in [-0.2, -0.15) is 4.57 Å². The minimum Gasteiger partial charge on any atom is -1.00 e. The number of hydrogen-bond acceptors (Lipinski definition) is 3. The smallest absolute Gasteiger partial charge is 0.262 e. The molecule has 0 fully saturated rings. The first-order valence-electron chi connectivity index (χ1n) is 7.60. The highest BCUT2D eigenvalue weighted by Crippen LogP contribution is 2.45. The molecule has 0 atom stereocenters. The van der Waals surface area contributed by atoms with E-state index in [1.54, 1.807) is 29.2 Å². The molecule has 3 aromatic rings. The van der Waals surface area contributed by atoms with Crippen LogP contribution in [-0.2, 0) is 7.05 Å². The summed E-state index contributed by atoms with van der Waals surface area (Å²) in [6, 6.07) is 13.3. The van der Waals surface area contributed by atoms with Crippen molar-refractivity contribution in [3.63, 3.8) is 0 Å². The summed E-state index contributed by atoms with van der Waals surface area (Å²) in [5.74, 6) is -0.199. The van der Waals surface area contributed by atoms with Crippen LogP contribution in [-0.4, -0.2) is 7.05 Å². The van der Waals surface area contributed by atoms with Crippen molar-refractivity contribution in [2.45, 2.75) is 4.90 Å². The number of rotatable bonds is 2. The summed E-state index contributed by atoms with van der Waals surface area (Å²) in [5, 5.41) is 2.29. The van der Waals surface area contributed by atoms with Gasteiger partial charge in [-0.05, 0) is 30.3 Å². The second kappa shape index (κ2) is 7.20. The molecule has 0 saturated carbocycles. The molecule has 0 unspecified atom stereocenters. The first-order valence-corrected chi connectivity index (χ1v) is 9.24. The molecule has 1 aliphatic heterocycles. The molecular formula is C19H16ClFN2S2. The molecule has 2 heterocycles. The lowest BCUT2D eigenvalue weighted by molar-refractivity contribution is -0.642. The van der Waals surface area contributed by atoms with Gasteiger partial charge in [0, 0.05) is 24.1 Å². The Hall–Kier alpha value is -1.82. The van der Waals surface area contributed by atoms with Crippen LogP contribution in [0.15, 0.2) is 64.5 Å². The molecular weight excluding hydrogens is 375 g/mol. The number of aryl methyl sites for hydroxylation is 1. The van der Waals surface area contributed by atoms with Gasteiger partial charge in [0.15, 0.2) is 0 Å². The Morgan fingerprint density at radius 1 is 1.16 bits per heavy atom. The molecule has 1 aliphatic rings. The third-order valence-corrected chi connectivity index (χ3v) is 6.45. The van der Waals surface area contributed by atoms with E-state index in [-0.39, 0.29) is 18.2 Å². The van der Waals surface area contributed by atoms with Crippen molar-refractivity contribution in [1.29, 1.82) is 0 Å². The second-order valence-corrected chi connectivity index (χ2v) is 7.73. The van der Waals surface area contributed by atoms with Crippen LogP contribution < -0.4 is 21.9 Å². The van der Waals surface area contributed by atoms with Crippen LogP contribution in [0, 0.1) is 5.82 Å². The Kier molecular flexibility index (Phi) is 5.18. The maximum absolute atomic E-state index is 13.4. The molecule has 2 aromatic carbocycles. The average molecular weight is 391 g/mol. The molecule has 6 heteroatoms. The molecule has 0 radical (unpaired) electrons. The van der Waals surface area contributed by atoms with Gasteiger partial charge in [0.25, 0.3) is 5.01 Å². The predicted octanol–water partition coefficient (Wildman–Crippen LogP) is 1.97. The summed E-state index contributed by atoms with van der Waals surface area (Å²) in [5.41, 5.74) is 2.16. The zero-order valence-electron chi connectivity index (χ0n) is 13.7. The van der Waals surface area contributed by atoms with Gasteiger partial charge < -0.3 is 17.3 Å². The highest BCUT2D eigenvalue weighted by molar-refractivity contribution is 8.03. The van der Waals surface area contributed by atoms with Crippen LogP contribution in [0.3, 0.4) is 0 Å². The summed E-state index contributed by atoms with van der Waals surface area (Å²) in [7, 11) is 4.05. The number of thioether (sulfide) groups is 1. The maximum atomic E-state index is 13.4. The van der Waals surface area contributed by atoms with Gasteiger partial charge >= 0.3 is 0 Å². The number of hydrogen-bond donors (Lipinski definition) is 0. The SMILES string of the molecule is CN1/C(=C/C=C/c2sc3ccccc3[n+]2C)Sc2ccc(F)cc21.[Cl-]. The van der Waals surface area contributed by atoms with Crippen LogP contribution >= 0.6 is 23.1 Å². The van der Waals surface area contributed by atoms with Crippen molar-refractivity contribution < 1.29 is 21.4 Å². The van der Waals surface area contributed by atoms with Crippen LogP contribution in [0.2, 0.25) is 0 Å². The van der Waals surface area contributed by atoms with Crippen molar-refractivity contribution in [2.75, 3.05) is 11.9 Å². The topological polar surface area (TPSA) is 7.12 Å². The van der Waals surface area contributed by atoms with E-state index in [1.165, 1.54) is 21.3 Å². The van der Waals surface area contributed by atoms with Crippen LogP contribution in [0.5, 0.6) is 0 Å². The fourth-order valence-electron chi connectivity index (χ4n) is 2.76. The molecule has 1 aromatic heterocycles. The summed E-state index contributed by atoms with van der Waals surface area (Å²) < 4.78 is 16.9. The van der Waals surface area contributed by atoms with Gasteiger partial charge in [-0.3, -0.25) is 0 Å². The number of benzene rings is 2. The maximum Gasteiger partial charge on any atom is 0.262 e. The van der Waals surface area contributed by atoms with Gasteiger partial charge in [-0.15, -0.1) is 0 Å². The molecule has 0 N–H and O–H groups in total. The van der Waals surface area contributed by atoms with E-state index in [4.69, 9.17) is 0 Å². The molecule has 25 heavy (non-hydrogen) atoms. The number of aromatic nitrogens is 1. The average Bonchev–Trinajstić information content (AvgIpc) is 3.07. The minimum atomic E-state index is -0.199. The van der Waals surface area contributed by atoms with Crippen molar-refractivity contribution in [1.82, 2.24) is 0 Å². The lowest BCUT2D eigenvalue weighted by atomic mass is 10.3. The van der Waals surface area contributed by atoms with Crippen LogP contribution in [0.25, 0.3) is 16.3 Å². The minimum absolute atomic E-state index is 0. The van der Waals surface area contributed by atoms with E-state index >= 15 is 0 Å². The van der Waals surface area contributed by atoms with Crippen LogP contribution in [0.4, 0.5) is 10.1 Å². The Labute approximate surface area is 160 Å². The Morgan fingerprint density at radius 3 is 2.76 bits per heavy atom. The van der Waals surface area contributed by atoms with E-state index in [9.17, 15) is 4.39 Å². The first-order chi connectivity index (χ1) is 11.6. The molecule has 128 valence electrons. The Balaban J connectivity index is 0.00000182. The number of allylic oxidation sites excluding steroid dienone is 2. The third kappa shape index (κ3) is 3.32. The number of thiazole rings is 1. The van der Waals surface area contributed by atoms with E-state index in [1.807, 2.05) is 18.0 Å². The van der Waals surface area contributed by atoms with Crippen molar-refractivity contribution >= 4 is 45.1 Å². The largest absolute Gasteiger partial charge is 1.00 e. The number of halogens is 2. The summed E-state index contributed by atoms with van der Waals surface area (Å²) in [6.45, 7) is 0. The number of para-hydroxylation sites is 1. The molecule has 0 bridgehead atoms. The van der Waals surface area contributed by atoms with Crippen molar-refractivity contribution in [3.05, 3.63) is 70.5 Å². The molecule has 4 rings (SSSR count). The monoisotopic (exact) mass is 390 g/mol. The van der Waals surface area contributed by atoms with E-state index in [0.29, 0.717) is 0 Å².